The molecule has 26 heavy (non-hydrogen) atoms. The molecular weight excluding hydrogens is 348 g/mol. The number of hydrogen-bond donors (Lipinski definition) is 0. The van der Waals surface area contributed by atoms with Crippen molar-refractivity contribution in [3.8, 4) is 22.9 Å². The number of methoxy groups -OCH3 is 2. The Bertz CT molecular complexity index is 997. The molecule has 0 spiro atoms. The highest BCUT2D eigenvalue weighted by Gasteiger charge is 2.23. The molecule has 0 saturated carbocycles. The first-order valence-corrected chi connectivity index (χ1v) is 9.14. The number of thioether (sulfide) groups is 1. The lowest BCUT2D eigenvalue weighted by Crippen LogP contribution is -2.15. The zero-order chi connectivity index (χ0) is 18.1. The van der Waals surface area contributed by atoms with Gasteiger partial charge in [0, 0.05) is 16.9 Å². The van der Waals surface area contributed by atoms with Crippen molar-refractivity contribution in [1.82, 2.24) is 14.9 Å². The van der Waals surface area contributed by atoms with Crippen molar-refractivity contribution in [3.05, 3.63) is 53.6 Å². The first-order chi connectivity index (χ1) is 12.7. The van der Waals surface area contributed by atoms with Crippen LogP contribution < -0.4 is 9.47 Å². The molecule has 0 bridgehead atoms. The van der Waals surface area contributed by atoms with Gasteiger partial charge >= 0.3 is 0 Å². The van der Waals surface area contributed by atoms with Crippen LogP contribution in [0.3, 0.4) is 0 Å². The molecule has 1 aliphatic rings. The second-order valence-electron chi connectivity index (χ2n) is 5.83. The molecule has 0 aliphatic carbocycles. The standard InChI is InChI=1S/C19H18N4O2S/c1-12-6-4-5-7-14(12)18-20-21-19-23(18)22-16(11-26-19)15-10-13(24-2)8-9-17(15)25-3/h4-10H,11H2,1-3H3. The van der Waals surface area contributed by atoms with Crippen LogP contribution in [0.1, 0.15) is 11.1 Å². The number of ether oxygens (including phenoxy) is 2. The predicted octanol–water partition coefficient (Wildman–Crippen LogP) is 3.63. The fourth-order valence-corrected chi connectivity index (χ4v) is 3.72. The third kappa shape index (κ3) is 2.84. The van der Waals surface area contributed by atoms with Crippen LogP contribution in [0, 0.1) is 6.92 Å². The monoisotopic (exact) mass is 366 g/mol. The quantitative estimate of drug-likeness (QED) is 0.706. The van der Waals surface area contributed by atoms with E-state index in [-0.39, 0.29) is 0 Å². The second-order valence-corrected chi connectivity index (χ2v) is 6.78. The molecule has 7 heteroatoms. The van der Waals surface area contributed by atoms with Crippen LogP contribution >= 0.6 is 11.8 Å². The molecule has 4 rings (SSSR count). The molecule has 0 unspecified atom stereocenters. The van der Waals surface area contributed by atoms with Crippen molar-refractivity contribution in [2.75, 3.05) is 20.0 Å². The van der Waals surface area contributed by atoms with Gasteiger partial charge in [-0.3, -0.25) is 0 Å². The van der Waals surface area contributed by atoms with Crippen molar-refractivity contribution in [3.63, 3.8) is 0 Å². The molecule has 0 radical (unpaired) electrons. The lowest BCUT2D eigenvalue weighted by Gasteiger charge is -2.17. The number of nitrogens with zero attached hydrogens (tertiary/aromatic N) is 4. The largest absolute Gasteiger partial charge is 0.497 e. The van der Waals surface area contributed by atoms with E-state index in [9.17, 15) is 0 Å². The predicted molar refractivity (Wildman–Crippen MR) is 102 cm³/mol. The first kappa shape index (κ1) is 16.7. The van der Waals surface area contributed by atoms with E-state index in [1.807, 2.05) is 41.1 Å². The molecule has 6 nitrogen and oxygen atoms in total. The Balaban J connectivity index is 1.84. The highest BCUT2D eigenvalue weighted by Crippen LogP contribution is 2.32. The highest BCUT2D eigenvalue weighted by atomic mass is 32.2. The summed E-state index contributed by atoms with van der Waals surface area (Å²) in [7, 11) is 3.31. The molecule has 0 saturated heterocycles. The third-order valence-electron chi connectivity index (χ3n) is 4.27. The number of aryl methyl sites for hydroxylation is 1. The van der Waals surface area contributed by atoms with E-state index >= 15 is 0 Å². The van der Waals surface area contributed by atoms with Gasteiger partial charge in [-0.2, -0.15) is 9.78 Å². The average Bonchev–Trinajstić information content (AvgIpc) is 3.10. The maximum atomic E-state index is 5.52. The topological polar surface area (TPSA) is 61.5 Å². The van der Waals surface area contributed by atoms with Crippen LogP contribution in [-0.4, -0.2) is 40.6 Å². The maximum Gasteiger partial charge on any atom is 0.212 e. The Kier molecular flexibility index (Phi) is 4.38. The smallest absolute Gasteiger partial charge is 0.212 e. The van der Waals surface area contributed by atoms with Crippen LogP contribution in [0.15, 0.2) is 52.7 Å². The fourth-order valence-electron chi connectivity index (χ4n) is 2.89. The van der Waals surface area contributed by atoms with E-state index in [2.05, 4.69) is 23.2 Å². The van der Waals surface area contributed by atoms with Crippen molar-refractivity contribution >= 4 is 17.5 Å². The van der Waals surface area contributed by atoms with Crippen LogP contribution in [-0.2, 0) is 0 Å². The Morgan fingerprint density at radius 3 is 2.62 bits per heavy atom. The van der Waals surface area contributed by atoms with Gasteiger partial charge in [0.25, 0.3) is 0 Å². The molecule has 1 aromatic heterocycles. The highest BCUT2D eigenvalue weighted by molar-refractivity contribution is 7.99. The van der Waals surface area contributed by atoms with Crippen molar-refractivity contribution in [1.29, 1.82) is 0 Å². The van der Waals surface area contributed by atoms with Crippen molar-refractivity contribution in [2.45, 2.75) is 12.1 Å². The fraction of sp³-hybridized carbons (Fsp3) is 0.211. The molecule has 132 valence electrons. The number of fused-ring (bicyclic) bond motifs is 1. The Morgan fingerprint density at radius 2 is 1.85 bits per heavy atom. The van der Waals surface area contributed by atoms with Crippen LogP contribution in [0.25, 0.3) is 11.4 Å². The zero-order valence-electron chi connectivity index (χ0n) is 14.8. The number of hydrogen-bond acceptors (Lipinski definition) is 6. The summed E-state index contributed by atoms with van der Waals surface area (Å²) in [6, 6.07) is 13.8. The van der Waals surface area contributed by atoms with E-state index in [1.165, 1.54) is 0 Å². The van der Waals surface area contributed by atoms with Gasteiger partial charge in [-0.15, -0.1) is 10.2 Å². The molecule has 0 N–H and O–H groups in total. The lowest BCUT2D eigenvalue weighted by molar-refractivity contribution is 0.402. The van der Waals surface area contributed by atoms with Gasteiger partial charge in [0.15, 0.2) is 5.82 Å². The summed E-state index contributed by atoms with van der Waals surface area (Å²) in [5.74, 6) is 2.96. The molecule has 2 aromatic carbocycles. The van der Waals surface area contributed by atoms with Crippen LogP contribution in [0.4, 0.5) is 0 Å². The molecule has 2 heterocycles. The summed E-state index contributed by atoms with van der Waals surface area (Å²) in [5.41, 5.74) is 3.96. The summed E-state index contributed by atoms with van der Waals surface area (Å²) in [6.07, 6.45) is 0. The van der Waals surface area contributed by atoms with Gasteiger partial charge in [0.1, 0.15) is 11.5 Å². The zero-order valence-corrected chi connectivity index (χ0v) is 15.6. The lowest BCUT2D eigenvalue weighted by atomic mass is 10.1. The van der Waals surface area contributed by atoms with Gasteiger partial charge < -0.3 is 9.47 Å². The molecule has 0 amide bonds. The normalized spacial score (nSPS) is 13.1. The number of benzene rings is 2. The third-order valence-corrected chi connectivity index (χ3v) is 5.20. The van der Waals surface area contributed by atoms with Crippen molar-refractivity contribution in [2.24, 2.45) is 5.10 Å². The van der Waals surface area contributed by atoms with Gasteiger partial charge in [0.2, 0.25) is 5.16 Å². The van der Waals surface area contributed by atoms with Gasteiger partial charge in [-0.1, -0.05) is 36.0 Å². The van der Waals surface area contributed by atoms with Crippen LogP contribution in [0.2, 0.25) is 0 Å². The summed E-state index contributed by atoms with van der Waals surface area (Å²) < 4.78 is 12.7. The molecule has 3 aromatic rings. The minimum absolute atomic E-state index is 0.690. The van der Waals surface area contributed by atoms with E-state index in [0.29, 0.717) is 5.75 Å². The van der Waals surface area contributed by atoms with E-state index in [4.69, 9.17) is 14.6 Å². The van der Waals surface area contributed by atoms with Gasteiger partial charge in [0.05, 0.1) is 19.9 Å². The van der Waals surface area contributed by atoms with Crippen molar-refractivity contribution < 1.29 is 9.47 Å². The number of aromatic nitrogens is 3. The van der Waals surface area contributed by atoms with E-state index in [1.54, 1.807) is 26.0 Å². The SMILES string of the molecule is COc1ccc(OC)c(C2=Nn3c(nnc3-c3ccccc3C)SC2)c1. The Hall–Kier alpha value is -2.80. The maximum absolute atomic E-state index is 5.52. The Morgan fingerprint density at radius 1 is 1.00 bits per heavy atom. The summed E-state index contributed by atoms with van der Waals surface area (Å²) in [4.78, 5) is 0. The summed E-state index contributed by atoms with van der Waals surface area (Å²) >= 11 is 1.61. The van der Waals surface area contributed by atoms with E-state index < -0.39 is 0 Å². The summed E-state index contributed by atoms with van der Waals surface area (Å²) in [6.45, 7) is 2.06. The first-order valence-electron chi connectivity index (χ1n) is 8.15. The molecule has 0 atom stereocenters. The number of rotatable bonds is 4. The Labute approximate surface area is 155 Å². The van der Waals surface area contributed by atoms with Gasteiger partial charge in [-0.25, -0.2) is 0 Å². The minimum Gasteiger partial charge on any atom is -0.497 e. The molecule has 1 aliphatic heterocycles. The van der Waals surface area contributed by atoms with E-state index in [0.717, 1.165) is 44.9 Å². The second kappa shape index (κ2) is 6.84. The summed E-state index contributed by atoms with van der Waals surface area (Å²) in [5, 5.41) is 14.3. The molecule has 0 fully saturated rings. The molecular formula is C19H18N4O2S. The average molecular weight is 366 g/mol. The minimum atomic E-state index is 0.690. The van der Waals surface area contributed by atoms with Gasteiger partial charge in [-0.05, 0) is 30.7 Å². The van der Waals surface area contributed by atoms with Crippen LogP contribution in [0.5, 0.6) is 11.5 Å².